The zero-order valence-corrected chi connectivity index (χ0v) is 11.6. The number of esters is 1. The molecule has 0 spiro atoms. The lowest BCUT2D eigenvalue weighted by atomic mass is 10.2. The van der Waals surface area contributed by atoms with Crippen molar-refractivity contribution in [2.24, 2.45) is 0 Å². The summed E-state index contributed by atoms with van der Waals surface area (Å²) in [6, 6.07) is 7.65. The molecule has 0 saturated heterocycles. The van der Waals surface area contributed by atoms with Gasteiger partial charge < -0.3 is 14.9 Å². The second-order valence-electron chi connectivity index (χ2n) is 4.07. The fourth-order valence-electron chi connectivity index (χ4n) is 1.62. The Morgan fingerprint density at radius 1 is 1.42 bits per heavy atom. The van der Waals surface area contributed by atoms with Gasteiger partial charge in [-0.1, -0.05) is 0 Å². The first-order valence-electron chi connectivity index (χ1n) is 5.75. The fraction of sp³-hybridized carbons (Fsp3) is 0.214. The monoisotopic (exact) mass is 277 g/mol. The number of hydrogen-bond acceptors (Lipinski definition) is 5. The molecule has 5 heteroatoms. The number of carbonyl (C=O) groups is 1. The lowest BCUT2D eigenvalue weighted by Gasteiger charge is -2.05. The molecule has 2 aromatic rings. The van der Waals surface area contributed by atoms with Crippen LogP contribution in [0.2, 0.25) is 0 Å². The Kier molecular flexibility index (Phi) is 4.16. The van der Waals surface area contributed by atoms with Gasteiger partial charge in [-0.3, -0.25) is 0 Å². The predicted molar refractivity (Wildman–Crippen MR) is 75.2 cm³/mol. The van der Waals surface area contributed by atoms with Gasteiger partial charge in [0.05, 0.1) is 13.4 Å². The maximum Gasteiger partial charge on any atom is 0.374 e. The third kappa shape index (κ3) is 3.12. The summed E-state index contributed by atoms with van der Waals surface area (Å²) in [7, 11) is 1.34. The summed E-state index contributed by atoms with van der Waals surface area (Å²) >= 11 is 1.62. The topological polar surface area (TPSA) is 65.5 Å². The molecule has 0 unspecified atom stereocenters. The number of methoxy groups -OCH3 is 1. The Balaban J connectivity index is 2.08. The predicted octanol–water partition coefficient (Wildman–Crippen LogP) is 3.25. The van der Waals surface area contributed by atoms with Crippen molar-refractivity contribution in [2.75, 3.05) is 12.8 Å². The van der Waals surface area contributed by atoms with Crippen LogP contribution in [0.4, 0.5) is 5.69 Å². The second-order valence-corrected chi connectivity index (χ2v) is 5.12. The molecule has 0 saturated carbocycles. The molecule has 100 valence electrons. The van der Waals surface area contributed by atoms with E-state index in [1.54, 1.807) is 17.8 Å². The average molecular weight is 277 g/mol. The zero-order valence-electron chi connectivity index (χ0n) is 10.8. The van der Waals surface area contributed by atoms with Crippen LogP contribution in [0.1, 0.15) is 21.7 Å². The maximum absolute atomic E-state index is 11.5. The van der Waals surface area contributed by atoms with Gasteiger partial charge in [0.1, 0.15) is 0 Å². The number of nitrogen functional groups attached to an aromatic ring is 1. The van der Waals surface area contributed by atoms with E-state index in [0.29, 0.717) is 5.75 Å². The van der Waals surface area contributed by atoms with Gasteiger partial charge in [0.15, 0.2) is 0 Å². The molecule has 0 aliphatic rings. The molecule has 0 radical (unpaired) electrons. The largest absolute Gasteiger partial charge is 0.463 e. The summed E-state index contributed by atoms with van der Waals surface area (Å²) < 4.78 is 9.80. The first-order chi connectivity index (χ1) is 9.11. The SMILES string of the molecule is COC(=O)c1occc1CSc1ccc(N)c(C)c1. The fourth-order valence-corrected chi connectivity index (χ4v) is 2.59. The smallest absolute Gasteiger partial charge is 0.374 e. The highest BCUT2D eigenvalue weighted by atomic mass is 32.2. The molecule has 0 fully saturated rings. The Hall–Kier alpha value is -1.88. The van der Waals surface area contributed by atoms with E-state index in [2.05, 4.69) is 4.74 Å². The molecular weight excluding hydrogens is 262 g/mol. The first kappa shape index (κ1) is 13.5. The third-order valence-electron chi connectivity index (χ3n) is 2.75. The van der Waals surface area contributed by atoms with Crippen LogP contribution in [-0.2, 0) is 10.5 Å². The van der Waals surface area contributed by atoms with E-state index in [9.17, 15) is 4.79 Å². The minimum absolute atomic E-state index is 0.266. The van der Waals surface area contributed by atoms with Gasteiger partial charge in [0.2, 0.25) is 5.76 Å². The first-order valence-corrected chi connectivity index (χ1v) is 6.74. The molecule has 19 heavy (non-hydrogen) atoms. The second kappa shape index (κ2) is 5.84. The molecule has 0 bridgehead atoms. The quantitative estimate of drug-likeness (QED) is 0.528. The zero-order chi connectivity index (χ0) is 13.8. The summed E-state index contributed by atoms with van der Waals surface area (Å²) in [6.45, 7) is 1.97. The van der Waals surface area contributed by atoms with E-state index >= 15 is 0 Å². The number of ether oxygens (including phenoxy) is 1. The average Bonchev–Trinajstić information content (AvgIpc) is 2.87. The molecular formula is C14H15NO3S. The van der Waals surface area contributed by atoms with Crippen molar-refractivity contribution < 1.29 is 13.9 Å². The van der Waals surface area contributed by atoms with E-state index < -0.39 is 5.97 Å². The molecule has 2 N–H and O–H groups in total. The number of hydrogen-bond donors (Lipinski definition) is 1. The van der Waals surface area contributed by atoms with Gasteiger partial charge >= 0.3 is 5.97 Å². The minimum atomic E-state index is -0.450. The van der Waals surface area contributed by atoms with Crippen LogP contribution in [0.15, 0.2) is 39.8 Å². The number of furan rings is 1. The summed E-state index contributed by atoms with van der Waals surface area (Å²) in [5.74, 6) is 0.459. The van der Waals surface area contributed by atoms with Gasteiger partial charge in [0, 0.05) is 21.9 Å². The number of rotatable bonds is 4. The Bertz CT molecular complexity index is 592. The lowest BCUT2D eigenvalue weighted by Crippen LogP contribution is -2.02. The van der Waals surface area contributed by atoms with Gasteiger partial charge in [-0.15, -0.1) is 11.8 Å². The van der Waals surface area contributed by atoms with Gasteiger partial charge in [-0.2, -0.15) is 0 Å². The van der Waals surface area contributed by atoms with Crippen molar-refractivity contribution in [3.8, 4) is 0 Å². The van der Waals surface area contributed by atoms with Gasteiger partial charge in [-0.05, 0) is 36.8 Å². The van der Waals surface area contributed by atoms with Crippen molar-refractivity contribution in [1.82, 2.24) is 0 Å². The van der Waals surface area contributed by atoms with Crippen LogP contribution in [0, 0.1) is 6.92 Å². The number of thioether (sulfide) groups is 1. The molecule has 0 amide bonds. The van der Waals surface area contributed by atoms with Gasteiger partial charge in [0.25, 0.3) is 0 Å². The third-order valence-corrected chi connectivity index (χ3v) is 3.80. The van der Waals surface area contributed by atoms with Gasteiger partial charge in [-0.25, -0.2) is 4.79 Å². The highest BCUT2D eigenvalue weighted by Gasteiger charge is 2.15. The minimum Gasteiger partial charge on any atom is -0.463 e. The normalized spacial score (nSPS) is 10.4. The molecule has 1 aromatic heterocycles. The Morgan fingerprint density at radius 3 is 2.89 bits per heavy atom. The summed E-state index contributed by atoms with van der Waals surface area (Å²) in [5.41, 5.74) is 8.43. The van der Waals surface area contributed by atoms with Crippen molar-refractivity contribution in [2.45, 2.75) is 17.6 Å². The maximum atomic E-state index is 11.5. The highest BCUT2D eigenvalue weighted by Crippen LogP contribution is 2.27. The molecule has 0 aliphatic heterocycles. The lowest BCUT2D eigenvalue weighted by molar-refractivity contribution is 0.0564. The van der Waals surface area contributed by atoms with Crippen molar-refractivity contribution in [1.29, 1.82) is 0 Å². The van der Waals surface area contributed by atoms with Crippen LogP contribution in [0.25, 0.3) is 0 Å². The summed E-state index contributed by atoms with van der Waals surface area (Å²) in [6.07, 6.45) is 1.50. The van der Waals surface area contributed by atoms with E-state index in [1.165, 1.54) is 13.4 Å². The van der Waals surface area contributed by atoms with E-state index in [0.717, 1.165) is 21.7 Å². The molecule has 2 rings (SSSR count). The van der Waals surface area contributed by atoms with Crippen molar-refractivity contribution in [3.05, 3.63) is 47.4 Å². The molecule has 0 atom stereocenters. The van der Waals surface area contributed by atoms with Crippen molar-refractivity contribution in [3.63, 3.8) is 0 Å². The van der Waals surface area contributed by atoms with Crippen LogP contribution < -0.4 is 5.73 Å². The Labute approximate surface area is 115 Å². The molecule has 0 aliphatic carbocycles. The van der Waals surface area contributed by atoms with Crippen LogP contribution >= 0.6 is 11.8 Å². The number of carbonyl (C=O) groups excluding carboxylic acids is 1. The van der Waals surface area contributed by atoms with Crippen molar-refractivity contribution >= 4 is 23.4 Å². The standard InChI is InChI=1S/C14H15NO3S/c1-9-7-11(3-4-12(9)15)19-8-10-5-6-18-13(10)14(16)17-2/h3-7H,8,15H2,1-2H3. The van der Waals surface area contributed by atoms with Crippen LogP contribution in [0.3, 0.4) is 0 Å². The van der Waals surface area contributed by atoms with Crippen LogP contribution in [0.5, 0.6) is 0 Å². The van der Waals surface area contributed by atoms with Crippen LogP contribution in [-0.4, -0.2) is 13.1 Å². The number of benzene rings is 1. The molecule has 4 nitrogen and oxygen atoms in total. The van der Waals surface area contributed by atoms with E-state index in [4.69, 9.17) is 10.2 Å². The number of nitrogens with two attached hydrogens (primary N) is 1. The summed E-state index contributed by atoms with van der Waals surface area (Å²) in [5, 5.41) is 0. The highest BCUT2D eigenvalue weighted by molar-refractivity contribution is 7.98. The Morgan fingerprint density at radius 2 is 2.21 bits per heavy atom. The number of anilines is 1. The summed E-state index contributed by atoms with van der Waals surface area (Å²) in [4.78, 5) is 12.6. The number of aryl methyl sites for hydroxylation is 1. The van der Waals surface area contributed by atoms with E-state index in [1.807, 2.05) is 25.1 Å². The molecule has 1 aromatic carbocycles. The van der Waals surface area contributed by atoms with E-state index in [-0.39, 0.29) is 5.76 Å². The molecule has 1 heterocycles.